The van der Waals surface area contributed by atoms with E-state index in [0.717, 1.165) is 37.2 Å². The van der Waals surface area contributed by atoms with Crippen molar-refractivity contribution in [3.63, 3.8) is 0 Å². The van der Waals surface area contributed by atoms with Crippen LogP contribution < -0.4 is 5.32 Å². The minimum atomic E-state index is -0.474. The Morgan fingerprint density at radius 1 is 1.37 bits per heavy atom. The Morgan fingerprint density at radius 2 is 2.05 bits per heavy atom. The fourth-order valence-electron chi connectivity index (χ4n) is 2.59. The number of piperidine rings is 1. The molecule has 0 bridgehead atoms. The molecule has 0 atom stereocenters. The number of pyridine rings is 1. The van der Waals surface area contributed by atoms with Crippen LogP contribution in [0.2, 0.25) is 0 Å². The first-order chi connectivity index (χ1) is 9.20. The SMILES string of the molecule is CC.CN1CCC2(CC1)OC(=O)Nc1ccncc12. The minimum absolute atomic E-state index is 0.353. The van der Waals surface area contributed by atoms with Crippen molar-refractivity contribution in [2.45, 2.75) is 32.3 Å². The molecular formula is C14H21N3O2. The van der Waals surface area contributed by atoms with Crippen molar-refractivity contribution in [1.29, 1.82) is 0 Å². The van der Waals surface area contributed by atoms with Crippen LogP contribution in [0.25, 0.3) is 0 Å². The first-order valence-electron chi connectivity index (χ1n) is 6.83. The predicted molar refractivity (Wildman–Crippen MR) is 74.1 cm³/mol. The maximum Gasteiger partial charge on any atom is 0.412 e. The van der Waals surface area contributed by atoms with E-state index in [1.54, 1.807) is 12.4 Å². The van der Waals surface area contributed by atoms with E-state index in [1.807, 2.05) is 19.9 Å². The third-order valence-electron chi connectivity index (χ3n) is 3.63. The van der Waals surface area contributed by atoms with Crippen LogP contribution in [0.4, 0.5) is 10.5 Å². The Balaban J connectivity index is 0.000000637. The lowest BCUT2D eigenvalue weighted by atomic mass is 9.83. The number of nitrogens with one attached hydrogen (secondary N) is 1. The van der Waals surface area contributed by atoms with Crippen LogP contribution >= 0.6 is 0 Å². The third-order valence-corrected chi connectivity index (χ3v) is 3.63. The summed E-state index contributed by atoms with van der Waals surface area (Å²) in [5, 5.41) is 2.73. The predicted octanol–water partition coefficient (Wildman–Crippen LogP) is 2.59. The Hall–Kier alpha value is -1.62. The zero-order valence-corrected chi connectivity index (χ0v) is 11.8. The van der Waals surface area contributed by atoms with Crippen LogP contribution in [0.15, 0.2) is 18.5 Å². The second-order valence-corrected chi connectivity index (χ2v) is 4.73. The average Bonchev–Trinajstić information content (AvgIpc) is 2.44. The molecule has 0 radical (unpaired) electrons. The van der Waals surface area contributed by atoms with E-state index >= 15 is 0 Å². The zero-order chi connectivity index (χ0) is 13.9. The van der Waals surface area contributed by atoms with Gasteiger partial charge in [-0.15, -0.1) is 0 Å². The number of likely N-dealkylation sites (tertiary alicyclic amines) is 1. The number of rotatable bonds is 0. The van der Waals surface area contributed by atoms with Gasteiger partial charge in [0.05, 0.1) is 5.69 Å². The number of carbonyl (C=O) groups excluding carboxylic acids is 1. The number of amides is 1. The molecule has 19 heavy (non-hydrogen) atoms. The van der Waals surface area contributed by atoms with Gasteiger partial charge in [0.25, 0.3) is 0 Å². The zero-order valence-electron chi connectivity index (χ0n) is 11.8. The molecule has 104 valence electrons. The molecule has 2 aliphatic heterocycles. The molecule has 1 amide bonds. The summed E-state index contributed by atoms with van der Waals surface area (Å²) in [5.41, 5.74) is 1.37. The highest BCUT2D eigenvalue weighted by molar-refractivity contribution is 5.88. The monoisotopic (exact) mass is 263 g/mol. The van der Waals surface area contributed by atoms with E-state index in [0.29, 0.717) is 0 Å². The van der Waals surface area contributed by atoms with Crippen molar-refractivity contribution in [3.8, 4) is 0 Å². The summed E-state index contributed by atoms with van der Waals surface area (Å²) in [6, 6.07) is 1.83. The fraction of sp³-hybridized carbons (Fsp3) is 0.571. The van der Waals surface area contributed by atoms with Gasteiger partial charge < -0.3 is 9.64 Å². The van der Waals surface area contributed by atoms with Crippen molar-refractivity contribution in [2.24, 2.45) is 0 Å². The molecule has 0 saturated carbocycles. The number of hydrogen-bond donors (Lipinski definition) is 1. The van der Waals surface area contributed by atoms with Crippen molar-refractivity contribution in [3.05, 3.63) is 24.0 Å². The number of carbonyl (C=O) groups is 1. The number of hydrogen-bond acceptors (Lipinski definition) is 4. The van der Waals surface area contributed by atoms with E-state index in [1.165, 1.54) is 0 Å². The van der Waals surface area contributed by atoms with Gasteiger partial charge >= 0.3 is 6.09 Å². The summed E-state index contributed by atoms with van der Waals surface area (Å²) in [7, 11) is 2.08. The molecule has 1 aromatic rings. The number of aromatic nitrogens is 1. The van der Waals surface area contributed by atoms with Gasteiger partial charge in [-0.05, 0) is 13.1 Å². The van der Waals surface area contributed by atoms with Crippen LogP contribution in [0.3, 0.4) is 0 Å². The van der Waals surface area contributed by atoms with Gasteiger partial charge in [-0.2, -0.15) is 0 Å². The standard InChI is InChI=1S/C12H15N3O2.C2H6/c1-15-6-3-12(4-7-15)9-8-13-5-2-10(9)14-11(16)17-12;1-2/h2,5,8H,3-4,6-7H2,1H3,(H,14,16);1-2H3. The van der Waals surface area contributed by atoms with Crippen LogP contribution in [0.5, 0.6) is 0 Å². The first-order valence-corrected chi connectivity index (χ1v) is 6.83. The molecule has 5 heteroatoms. The average molecular weight is 263 g/mol. The Bertz CT molecular complexity index is 454. The number of fused-ring (bicyclic) bond motifs is 2. The fourth-order valence-corrected chi connectivity index (χ4v) is 2.59. The number of nitrogens with zero attached hydrogens (tertiary/aromatic N) is 2. The van der Waals surface area contributed by atoms with Gasteiger partial charge in [0.15, 0.2) is 0 Å². The highest BCUT2D eigenvalue weighted by atomic mass is 16.6. The Labute approximate surface area is 114 Å². The highest BCUT2D eigenvalue weighted by Crippen LogP contribution is 2.42. The van der Waals surface area contributed by atoms with Gasteiger partial charge in [-0.25, -0.2) is 4.79 Å². The normalized spacial score (nSPS) is 20.7. The quantitative estimate of drug-likeness (QED) is 0.781. The van der Waals surface area contributed by atoms with Crippen molar-refractivity contribution >= 4 is 11.8 Å². The van der Waals surface area contributed by atoms with Crippen molar-refractivity contribution in [2.75, 3.05) is 25.5 Å². The lowest BCUT2D eigenvalue weighted by molar-refractivity contribution is -0.0336. The van der Waals surface area contributed by atoms with Crippen LogP contribution in [0, 0.1) is 0 Å². The Morgan fingerprint density at radius 3 is 2.74 bits per heavy atom. The lowest BCUT2D eigenvalue weighted by Crippen LogP contribution is -2.47. The molecule has 1 fully saturated rings. The van der Waals surface area contributed by atoms with Gasteiger partial charge in [-0.3, -0.25) is 10.3 Å². The summed E-state index contributed by atoms with van der Waals surface area (Å²) in [5.74, 6) is 0. The minimum Gasteiger partial charge on any atom is -0.438 e. The molecule has 0 unspecified atom stereocenters. The van der Waals surface area contributed by atoms with E-state index < -0.39 is 5.60 Å². The van der Waals surface area contributed by atoms with Gasteiger partial charge in [0, 0.05) is 43.9 Å². The second kappa shape index (κ2) is 5.57. The number of anilines is 1. The summed E-state index contributed by atoms with van der Waals surface area (Å²) in [6.07, 6.45) is 4.80. The molecule has 2 aliphatic rings. The molecule has 1 aromatic heterocycles. The smallest absolute Gasteiger partial charge is 0.412 e. The van der Waals surface area contributed by atoms with Gasteiger partial charge in [-0.1, -0.05) is 13.8 Å². The lowest BCUT2D eigenvalue weighted by Gasteiger charge is -2.43. The van der Waals surface area contributed by atoms with E-state index in [2.05, 4.69) is 22.2 Å². The molecule has 0 aromatic carbocycles. The van der Waals surface area contributed by atoms with Crippen molar-refractivity contribution in [1.82, 2.24) is 9.88 Å². The largest absolute Gasteiger partial charge is 0.438 e. The molecule has 3 heterocycles. The van der Waals surface area contributed by atoms with Crippen molar-refractivity contribution < 1.29 is 9.53 Å². The van der Waals surface area contributed by atoms with E-state index in [4.69, 9.17) is 4.74 Å². The maximum absolute atomic E-state index is 11.6. The van der Waals surface area contributed by atoms with Crippen LogP contribution in [0.1, 0.15) is 32.3 Å². The van der Waals surface area contributed by atoms with Gasteiger partial charge in [0.2, 0.25) is 0 Å². The maximum atomic E-state index is 11.6. The molecule has 1 N–H and O–H groups in total. The third kappa shape index (κ3) is 2.56. The molecule has 5 nitrogen and oxygen atoms in total. The van der Waals surface area contributed by atoms with Crippen LogP contribution in [-0.4, -0.2) is 36.1 Å². The summed E-state index contributed by atoms with van der Waals surface area (Å²) in [4.78, 5) is 18.0. The first kappa shape index (κ1) is 13.8. The summed E-state index contributed by atoms with van der Waals surface area (Å²) < 4.78 is 5.57. The molecule has 1 spiro atoms. The summed E-state index contributed by atoms with van der Waals surface area (Å²) in [6.45, 7) is 5.86. The summed E-state index contributed by atoms with van der Waals surface area (Å²) >= 11 is 0. The number of ether oxygens (including phenoxy) is 1. The van der Waals surface area contributed by atoms with Crippen LogP contribution in [-0.2, 0) is 10.3 Å². The van der Waals surface area contributed by atoms with E-state index in [9.17, 15) is 4.79 Å². The Kier molecular flexibility index (Phi) is 4.04. The molecule has 0 aliphatic carbocycles. The molecule has 3 rings (SSSR count). The highest BCUT2D eigenvalue weighted by Gasteiger charge is 2.43. The van der Waals surface area contributed by atoms with E-state index in [-0.39, 0.29) is 6.09 Å². The molecule has 1 saturated heterocycles. The van der Waals surface area contributed by atoms with Gasteiger partial charge in [0.1, 0.15) is 5.60 Å². The second-order valence-electron chi connectivity index (χ2n) is 4.73. The topological polar surface area (TPSA) is 54.5 Å². The molecular weight excluding hydrogens is 242 g/mol.